The van der Waals surface area contributed by atoms with Crippen LogP contribution in [0.3, 0.4) is 0 Å². The van der Waals surface area contributed by atoms with E-state index in [1.807, 2.05) is 37.3 Å². The second-order valence-electron chi connectivity index (χ2n) is 4.32. The summed E-state index contributed by atoms with van der Waals surface area (Å²) in [6, 6.07) is 9.42. The molecule has 5 heteroatoms. The molecule has 2 aromatic rings. The molecule has 2 aromatic heterocycles. The Bertz CT molecular complexity index is 558. The van der Waals surface area contributed by atoms with Gasteiger partial charge in [-0.25, -0.2) is 4.79 Å². The number of hydrogen-bond acceptors (Lipinski definition) is 4. The van der Waals surface area contributed by atoms with Gasteiger partial charge in [-0.05, 0) is 25.1 Å². The Hall–Kier alpha value is -2.43. The largest absolute Gasteiger partial charge is 0.445 e. The molecular weight excluding hydrogens is 254 g/mol. The van der Waals surface area contributed by atoms with Crippen LogP contribution in [0.2, 0.25) is 0 Å². The Balaban J connectivity index is 1.70. The minimum atomic E-state index is -0.427. The number of carbonyl (C=O) groups is 1. The molecule has 0 saturated carbocycles. The zero-order chi connectivity index (χ0) is 14.2. The highest BCUT2D eigenvalue weighted by atomic mass is 16.5. The van der Waals surface area contributed by atoms with Crippen molar-refractivity contribution in [2.45, 2.75) is 20.0 Å². The molecular formula is C15H17N3O2. The fraction of sp³-hybridized carbons (Fsp3) is 0.267. The Morgan fingerprint density at radius 2 is 2.05 bits per heavy atom. The summed E-state index contributed by atoms with van der Waals surface area (Å²) in [7, 11) is 0. The summed E-state index contributed by atoms with van der Waals surface area (Å²) in [6.45, 7) is 2.62. The molecule has 0 spiro atoms. The molecule has 1 amide bonds. The number of hydrogen-bond donors (Lipinski definition) is 1. The third kappa shape index (κ3) is 4.35. The van der Waals surface area contributed by atoms with Crippen molar-refractivity contribution in [3.8, 4) is 0 Å². The summed E-state index contributed by atoms with van der Waals surface area (Å²) in [5.41, 5.74) is 2.72. The first kappa shape index (κ1) is 14.0. The van der Waals surface area contributed by atoms with Crippen molar-refractivity contribution in [1.82, 2.24) is 15.3 Å². The Morgan fingerprint density at radius 1 is 1.20 bits per heavy atom. The maximum atomic E-state index is 11.5. The monoisotopic (exact) mass is 271 g/mol. The summed E-state index contributed by atoms with van der Waals surface area (Å²) >= 11 is 0. The van der Waals surface area contributed by atoms with Crippen LogP contribution >= 0.6 is 0 Å². The molecule has 104 valence electrons. The average Bonchev–Trinajstić information content (AvgIpc) is 2.47. The van der Waals surface area contributed by atoms with Gasteiger partial charge in [0.1, 0.15) is 6.61 Å². The van der Waals surface area contributed by atoms with Crippen LogP contribution in [0, 0.1) is 6.92 Å². The summed E-state index contributed by atoms with van der Waals surface area (Å²) in [5, 5.41) is 2.70. The third-order valence-corrected chi connectivity index (χ3v) is 2.85. The molecule has 2 rings (SSSR count). The summed E-state index contributed by atoms with van der Waals surface area (Å²) in [5.74, 6) is 0. The number of amides is 1. The van der Waals surface area contributed by atoms with E-state index in [0.29, 0.717) is 13.0 Å². The van der Waals surface area contributed by atoms with Crippen molar-refractivity contribution in [2.75, 3.05) is 6.54 Å². The maximum absolute atomic E-state index is 11.5. The molecule has 0 aliphatic heterocycles. The van der Waals surface area contributed by atoms with E-state index in [1.54, 1.807) is 12.4 Å². The maximum Gasteiger partial charge on any atom is 0.407 e. The standard InChI is InChI=1S/C15H17N3O2/c1-12-13(5-4-9-16-12)11-20-15(19)18-10-7-14-6-2-3-8-17-14/h2-6,8-9H,7,10-11H2,1H3,(H,18,19). The topological polar surface area (TPSA) is 64.1 Å². The minimum Gasteiger partial charge on any atom is -0.445 e. The fourth-order valence-corrected chi connectivity index (χ4v) is 1.70. The van der Waals surface area contributed by atoms with Crippen molar-refractivity contribution in [3.05, 3.63) is 59.7 Å². The van der Waals surface area contributed by atoms with Gasteiger partial charge in [0.15, 0.2) is 0 Å². The fourth-order valence-electron chi connectivity index (χ4n) is 1.70. The van der Waals surface area contributed by atoms with E-state index in [9.17, 15) is 4.79 Å². The van der Waals surface area contributed by atoms with Crippen LogP contribution in [-0.2, 0) is 17.8 Å². The average molecular weight is 271 g/mol. The number of nitrogens with one attached hydrogen (secondary N) is 1. The van der Waals surface area contributed by atoms with Crippen molar-refractivity contribution < 1.29 is 9.53 Å². The van der Waals surface area contributed by atoms with E-state index in [-0.39, 0.29) is 6.61 Å². The molecule has 20 heavy (non-hydrogen) atoms. The van der Waals surface area contributed by atoms with E-state index in [0.717, 1.165) is 17.0 Å². The highest BCUT2D eigenvalue weighted by Crippen LogP contribution is 2.05. The van der Waals surface area contributed by atoms with Crippen molar-refractivity contribution in [2.24, 2.45) is 0 Å². The molecule has 0 aliphatic rings. The Kier molecular flexibility index (Phi) is 5.06. The van der Waals surface area contributed by atoms with E-state index in [1.165, 1.54) is 0 Å². The lowest BCUT2D eigenvalue weighted by Crippen LogP contribution is -2.26. The van der Waals surface area contributed by atoms with E-state index in [4.69, 9.17) is 4.74 Å². The van der Waals surface area contributed by atoms with Crippen LogP contribution in [0.25, 0.3) is 0 Å². The Labute approximate surface area is 118 Å². The zero-order valence-electron chi connectivity index (χ0n) is 11.4. The van der Waals surface area contributed by atoms with Gasteiger partial charge in [0.05, 0.1) is 0 Å². The molecule has 0 fully saturated rings. The van der Waals surface area contributed by atoms with Crippen LogP contribution in [0.4, 0.5) is 4.79 Å². The van der Waals surface area contributed by atoms with Crippen LogP contribution in [0.1, 0.15) is 17.0 Å². The normalized spacial score (nSPS) is 10.1. The zero-order valence-corrected chi connectivity index (χ0v) is 11.4. The second-order valence-corrected chi connectivity index (χ2v) is 4.32. The van der Waals surface area contributed by atoms with Gasteiger partial charge in [-0.1, -0.05) is 12.1 Å². The molecule has 0 aliphatic carbocycles. The number of rotatable bonds is 5. The van der Waals surface area contributed by atoms with Crippen LogP contribution in [0.5, 0.6) is 0 Å². The predicted octanol–water partition coefficient (Wildman–Crippen LogP) is 2.25. The number of nitrogens with zero attached hydrogens (tertiary/aromatic N) is 2. The van der Waals surface area contributed by atoms with Crippen LogP contribution in [-0.4, -0.2) is 22.6 Å². The first-order chi connectivity index (χ1) is 9.75. The number of carbonyl (C=O) groups excluding carboxylic acids is 1. The summed E-state index contributed by atoms with van der Waals surface area (Å²) < 4.78 is 5.14. The van der Waals surface area contributed by atoms with Crippen molar-refractivity contribution >= 4 is 6.09 Å². The van der Waals surface area contributed by atoms with Crippen LogP contribution in [0.15, 0.2) is 42.7 Å². The third-order valence-electron chi connectivity index (χ3n) is 2.85. The van der Waals surface area contributed by atoms with Gasteiger partial charge < -0.3 is 10.1 Å². The first-order valence-electron chi connectivity index (χ1n) is 6.47. The summed E-state index contributed by atoms with van der Waals surface area (Å²) in [4.78, 5) is 19.9. The lowest BCUT2D eigenvalue weighted by atomic mass is 10.2. The molecule has 2 heterocycles. The molecule has 5 nitrogen and oxygen atoms in total. The predicted molar refractivity (Wildman–Crippen MR) is 75.1 cm³/mol. The molecule has 1 N–H and O–H groups in total. The van der Waals surface area contributed by atoms with Gasteiger partial charge in [-0.3, -0.25) is 9.97 Å². The number of alkyl carbamates (subject to hydrolysis) is 1. The Morgan fingerprint density at radius 3 is 2.80 bits per heavy atom. The highest BCUT2D eigenvalue weighted by Gasteiger charge is 2.04. The van der Waals surface area contributed by atoms with Crippen LogP contribution < -0.4 is 5.32 Å². The van der Waals surface area contributed by atoms with Gasteiger partial charge in [0.2, 0.25) is 0 Å². The van der Waals surface area contributed by atoms with Crippen molar-refractivity contribution in [1.29, 1.82) is 0 Å². The molecule has 0 bridgehead atoms. The molecule has 0 aromatic carbocycles. The number of pyridine rings is 2. The van der Waals surface area contributed by atoms with E-state index >= 15 is 0 Å². The number of aromatic nitrogens is 2. The minimum absolute atomic E-state index is 0.231. The van der Waals surface area contributed by atoms with Gasteiger partial charge in [0.25, 0.3) is 0 Å². The quantitative estimate of drug-likeness (QED) is 0.906. The molecule has 0 radical (unpaired) electrons. The van der Waals surface area contributed by atoms with E-state index in [2.05, 4.69) is 15.3 Å². The van der Waals surface area contributed by atoms with Crippen molar-refractivity contribution in [3.63, 3.8) is 0 Å². The smallest absolute Gasteiger partial charge is 0.407 e. The number of aryl methyl sites for hydroxylation is 1. The SMILES string of the molecule is Cc1ncccc1COC(=O)NCCc1ccccn1. The second kappa shape index (κ2) is 7.23. The lowest BCUT2D eigenvalue weighted by molar-refractivity contribution is 0.139. The van der Waals surface area contributed by atoms with Gasteiger partial charge >= 0.3 is 6.09 Å². The van der Waals surface area contributed by atoms with Gasteiger partial charge in [0, 0.05) is 42.3 Å². The molecule has 0 saturated heterocycles. The highest BCUT2D eigenvalue weighted by molar-refractivity contribution is 5.67. The van der Waals surface area contributed by atoms with Gasteiger partial charge in [-0.15, -0.1) is 0 Å². The number of ether oxygens (including phenoxy) is 1. The lowest BCUT2D eigenvalue weighted by Gasteiger charge is -2.08. The van der Waals surface area contributed by atoms with Gasteiger partial charge in [-0.2, -0.15) is 0 Å². The molecule has 0 atom stereocenters. The first-order valence-corrected chi connectivity index (χ1v) is 6.47. The molecule has 0 unspecified atom stereocenters. The summed E-state index contributed by atoms with van der Waals surface area (Å²) in [6.07, 6.45) is 3.70. The van der Waals surface area contributed by atoms with E-state index < -0.39 is 6.09 Å².